The molecule has 0 aliphatic rings. The zero-order valence-corrected chi connectivity index (χ0v) is 14.7. The first-order valence-electron chi connectivity index (χ1n) is 7.64. The summed E-state index contributed by atoms with van der Waals surface area (Å²) in [4.78, 5) is 9.23. The Morgan fingerprint density at radius 3 is 2.62 bits per heavy atom. The highest BCUT2D eigenvalue weighted by atomic mass is 79.9. The molecule has 24 heavy (non-hydrogen) atoms. The fourth-order valence-electron chi connectivity index (χ4n) is 2.66. The molecule has 0 radical (unpaired) electrons. The number of hydrogen-bond acceptors (Lipinski definition) is 3. The second-order valence-corrected chi connectivity index (χ2v) is 6.46. The van der Waals surface area contributed by atoms with Crippen LogP contribution in [0.25, 0.3) is 17.0 Å². The van der Waals surface area contributed by atoms with E-state index in [1.165, 1.54) is 5.56 Å². The minimum Gasteiger partial charge on any atom is -0.339 e. The third-order valence-corrected chi connectivity index (χ3v) is 4.36. The van der Waals surface area contributed by atoms with Gasteiger partial charge in [0.2, 0.25) is 0 Å². The number of aromatic nitrogens is 3. The lowest BCUT2D eigenvalue weighted by Gasteiger charge is -2.11. The van der Waals surface area contributed by atoms with Gasteiger partial charge in [-0.1, -0.05) is 24.3 Å². The van der Waals surface area contributed by atoms with Gasteiger partial charge in [-0.2, -0.15) is 0 Å². The zero-order valence-electron chi connectivity index (χ0n) is 13.1. The maximum absolute atomic E-state index is 4.77. The Labute approximate surface area is 148 Å². The highest BCUT2D eigenvalue weighted by Gasteiger charge is 2.16. The van der Waals surface area contributed by atoms with Gasteiger partial charge in [-0.05, 0) is 58.7 Å². The molecule has 5 heteroatoms. The van der Waals surface area contributed by atoms with E-state index in [0.717, 1.165) is 33.0 Å². The SMILES string of the molecule is Cc1ccccc1Nc1c(-c2ccccn2)nc2ccc(Br)cn12. The topological polar surface area (TPSA) is 42.2 Å². The maximum Gasteiger partial charge on any atom is 0.144 e. The first kappa shape index (κ1) is 14.9. The van der Waals surface area contributed by atoms with Crippen LogP contribution in [0, 0.1) is 6.92 Å². The molecule has 0 fully saturated rings. The predicted molar refractivity (Wildman–Crippen MR) is 101 cm³/mol. The number of halogens is 1. The average Bonchev–Trinajstić information content (AvgIpc) is 2.96. The third kappa shape index (κ3) is 2.67. The van der Waals surface area contributed by atoms with E-state index >= 15 is 0 Å². The minimum atomic E-state index is 0.831. The van der Waals surface area contributed by atoms with Crippen molar-refractivity contribution >= 4 is 33.1 Å². The van der Waals surface area contributed by atoms with Crippen LogP contribution in [0.2, 0.25) is 0 Å². The molecule has 3 heterocycles. The van der Waals surface area contributed by atoms with Crippen LogP contribution < -0.4 is 5.32 Å². The lowest BCUT2D eigenvalue weighted by molar-refractivity contribution is 1.17. The predicted octanol–water partition coefficient (Wildman–Crippen LogP) is 5.21. The zero-order chi connectivity index (χ0) is 16.5. The molecule has 0 unspecified atom stereocenters. The molecule has 1 aromatic carbocycles. The summed E-state index contributed by atoms with van der Waals surface area (Å²) in [5.41, 5.74) is 4.77. The molecular weight excluding hydrogens is 364 g/mol. The Kier molecular flexibility index (Phi) is 3.78. The smallest absolute Gasteiger partial charge is 0.144 e. The molecule has 1 N–H and O–H groups in total. The van der Waals surface area contributed by atoms with Gasteiger partial charge >= 0.3 is 0 Å². The van der Waals surface area contributed by atoms with Crippen LogP contribution in [0.3, 0.4) is 0 Å². The summed E-state index contributed by atoms with van der Waals surface area (Å²) in [6.45, 7) is 2.09. The van der Waals surface area contributed by atoms with E-state index in [4.69, 9.17) is 4.98 Å². The van der Waals surface area contributed by atoms with E-state index in [1.54, 1.807) is 6.20 Å². The number of hydrogen-bond donors (Lipinski definition) is 1. The second kappa shape index (κ2) is 6.09. The van der Waals surface area contributed by atoms with Gasteiger partial charge in [0, 0.05) is 22.6 Å². The molecule has 0 aliphatic carbocycles. The van der Waals surface area contributed by atoms with Crippen molar-refractivity contribution < 1.29 is 0 Å². The Morgan fingerprint density at radius 2 is 1.83 bits per heavy atom. The number of para-hydroxylation sites is 1. The van der Waals surface area contributed by atoms with E-state index < -0.39 is 0 Å². The molecular formula is C19H15BrN4. The van der Waals surface area contributed by atoms with Gasteiger partial charge in [-0.3, -0.25) is 9.38 Å². The molecule has 0 aliphatic heterocycles. The highest BCUT2D eigenvalue weighted by molar-refractivity contribution is 9.10. The van der Waals surface area contributed by atoms with Gasteiger partial charge in [-0.25, -0.2) is 4.98 Å². The van der Waals surface area contributed by atoms with Gasteiger partial charge in [0.15, 0.2) is 0 Å². The molecule has 0 spiro atoms. The van der Waals surface area contributed by atoms with Gasteiger partial charge in [0.05, 0.1) is 5.69 Å². The Balaban J connectivity index is 1.94. The number of anilines is 2. The number of pyridine rings is 2. The quantitative estimate of drug-likeness (QED) is 0.531. The summed E-state index contributed by atoms with van der Waals surface area (Å²) >= 11 is 3.54. The molecule has 0 atom stereocenters. The van der Waals surface area contributed by atoms with Gasteiger partial charge in [0.25, 0.3) is 0 Å². The molecule has 0 saturated heterocycles. The molecule has 4 aromatic rings. The lowest BCUT2D eigenvalue weighted by Crippen LogP contribution is -1.99. The number of nitrogens with one attached hydrogen (secondary N) is 1. The number of aryl methyl sites for hydroxylation is 1. The van der Waals surface area contributed by atoms with Gasteiger partial charge in [-0.15, -0.1) is 0 Å². The van der Waals surface area contributed by atoms with Crippen molar-refractivity contribution in [3.8, 4) is 11.4 Å². The molecule has 3 aromatic heterocycles. The van der Waals surface area contributed by atoms with E-state index in [0.29, 0.717) is 0 Å². The first-order valence-corrected chi connectivity index (χ1v) is 8.43. The molecule has 0 saturated carbocycles. The van der Waals surface area contributed by atoms with Crippen molar-refractivity contribution in [1.82, 2.24) is 14.4 Å². The van der Waals surface area contributed by atoms with Crippen LogP contribution in [-0.4, -0.2) is 14.4 Å². The van der Waals surface area contributed by atoms with Crippen LogP contribution in [0.1, 0.15) is 5.56 Å². The Hall–Kier alpha value is -2.66. The number of fused-ring (bicyclic) bond motifs is 1. The fraction of sp³-hybridized carbons (Fsp3) is 0.0526. The number of benzene rings is 1. The third-order valence-electron chi connectivity index (χ3n) is 3.89. The van der Waals surface area contributed by atoms with Crippen LogP contribution >= 0.6 is 15.9 Å². The molecule has 118 valence electrons. The monoisotopic (exact) mass is 378 g/mol. The molecule has 0 bridgehead atoms. The van der Waals surface area contributed by atoms with Gasteiger partial charge < -0.3 is 5.32 Å². The van der Waals surface area contributed by atoms with Crippen molar-refractivity contribution in [2.45, 2.75) is 6.92 Å². The standard InChI is InChI=1S/C19H15BrN4/c1-13-6-2-3-7-15(13)22-19-18(16-8-4-5-11-21-16)23-17-10-9-14(20)12-24(17)19/h2-12,22H,1H3. The summed E-state index contributed by atoms with van der Waals surface area (Å²) in [6, 6.07) is 18.0. The van der Waals surface area contributed by atoms with Crippen LogP contribution in [0.5, 0.6) is 0 Å². The lowest BCUT2D eigenvalue weighted by atomic mass is 10.2. The number of nitrogens with zero attached hydrogens (tertiary/aromatic N) is 3. The fourth-order valence-corrected chi connectivity index (χ4v) is 3.00. The number of imidazole rings is 1. The summed E-state index contributed by atoms with van der Waals surface area (Å²) in [7, 11) is 0. The largest absolute Gasteiger partial charge is 0.339 e. The summed E-state index contributed by atoms with van der Waals surface area (Å²) in [5, 5.41) is 3.53. The average molecular weight is 379 g/mol. The Morgan fingerprint density at radius 1 is 1.00 bits per heavy atom. The first-order chi connectivity index (χ1) is 11.7. The summed E-state index contributed by atoms with van der Waals surface area (Å²) < 4.78 is 3.04. The van der Waals surface area contributed by atoms with E-state index in [-0.39, 0.29) is 0 Å². The Bertz CT molecular complexity index is 1010. The van der Waals surface area contributed by atoms with E-state index in [2.05, 4.69) is 45.3 Å². The van der Waals surface area contributed by atoms with Crippen LogP contribution in [-0.2, 0) is 0 Å². The van der Waals surface area contributed by atoms with Crippen molar-refractivity contribution in [3.63, 3.8) is 0 Å². The summed E-state index contributed by atoms with van der Waals surface area (Å²) in [6.07, 6.45) is 3.79. The normalized spacial score (nSPS) is 10.9. The van der Waals surface area contributed by atoms with Crippen molar-refractivity contribution in [2.24, 2.45) is 0 Å². The van der Waals surface area contributed by atoms with Crippen LogP contribution in [0.4, 0.5) is 11.5 Å². The number of rotatable bonds is 3. The molecule has 4 nitrogen and oxygen atoms in total. The maximum atomic E-state index is 4.77. The van der Waals surface area contributed by atoms with Crippen molar-refractivity contribution in [2.75, 3.05) is 5.32 Å². The second-order valence-electron chi connectivity index (χ2n) is 5.54. The summed E-state index contributed by atoms with van der Waals surface area (Å²) in [5.74, 6) is 0.902. The van der Waals surface area contributed by atoms with Crippen molar-refractivity contribution in [1.29, 1.82) is 0 Å². The van der Waals surface area contributed by atoms with Gasteiger partial charge in [0.1, 0.15) is 17.2 Å². The molecule has 0 amide bonds. The molecule has 4 rings (SSSR count). The van der Waals surface area contributed by atoms with Crippen molar-refractivity contribution in [3.05, 3.63) is 77.0 Å². The van der Waals surface area contributed by atoms with E-state index in [1.807, 2.05) is 53.1 Å². The van der Waals surface area contributed by atoms with E-state index in [9.17, 15) is 0 Å². The minimum absolute atomic E-state index is 0.831. The van der Waals surface area contributed by atoms with Crippen LogP contribution in [0.15, 0.2) is 71.5 Å². The highest BCUT2D eigenvalue weighted by Crippen LogP contribution is 2.31.